The molecule has 130 valence electrons. The number of hydrogen-bond donors (Lipinski definition) is 3. The van der Waals surface area contributed by atoms with E-state index in [1.54, 1.807) is 6.92 Å². The number of aryl methyl sites for hydroxylation is 2. The highest BCUT2D eigenvalue weighted by molar-refractivity contribution is 5.97. The summed E-state index contributed by atoms with van der Waals surface area (Å²) in [4.78, 5) is 26.7. The van der Waals surface area contributed by atoms with Gasteiger partial charge in [-0.05, 0) is 31.9 Å². The molecule has 3 rings (SSSR count). The lowest BCUT2D eigenvalue weighted by Crippen LogP contribution is -2.27. The second-order valence-corrected chi connectivity index (χ2v) is 6.07. The van der Waals surface area contributed by atoms with Crippen LogP contribution >= 0.6 is 0 Å². The predicted octanol–water partition coefficient (Wildman–Crippen LogP) is 2.98. The highest BCUT2D eigenvalue weighted by Gasteiger charge is 2.20. The molecule has 2 heterocycles. The third-order valence-electron chi connectivity index (χ3n) is 4.28. The van der Waals surface area contributed by atoms with Crippen molar-refractivity contribution in [3.8, 4) is 0 Å². The van der Waals surface area contributed by atoms with Crippen LogP contribution in [0.15, 0.2) is 34.9 Å². The van der Waals surface area contributed by atoms with Gasteiger partial charge in [0.1, 0.15) is 12.2 Å². The summed E-state index contributed by atoms with van der Waals surface area (Å²) in [5.74, 6) is -1.15. The lowest BCUT2D eigenvalue weighted by Gasteiger charge is -2.07. The third-order valence-corrected chi connectivity index (χ3v) is 4.28. The van der Waals surface area contributed by atoms with Crippen LogP contribution in [0.3, 0.4) is 0 Å². The fraction of sp³-hybridized carbons (Fsp3) is 0.263. The first kappa shape index (κ1) is 16.8. The fourth-order valence-electron chi connectivity index (χ4n) is 3.12. The molecule has 0 saturated heterocycles. The van der Waals surface area contributed by atoms with Gasteiger partial charge in [-0.25, -0.2) is 0 Å². The van der Waals surface area contributed by atoms with Gasteiger partial charge in [-0.15, -0.1) is 0 Å². The van der Waals surface area contributed by atoms with Crippen molar-refractivity contribution >= 4 is 22.8 Å². The summed E-state index contributed by atoms with van der Waals surface area (Å²) in [7, 11) is 0. The number of H-pyrrole nitrogens is 1. The smallest absolute Gasteiger partial charge is 0.311 e. The van der Waals surface area contributed by atoms with Gasteiger partial charge in [0.25, 0.3) is 5.91 Å². The van der Waals surface area contributed by atoms with Crippen molar-refractivity contribution in [1.29, 1.82) is 0 Å². The largest absolute Gasteiger partial charge is 0.481 e. The molecule has 3 aromatic rings. The van der Waals surface area contributed by atoms with Crippen LogP contribution in [0.25, 0.3) is 10.9 Å². The van der Waals surface area contributed by atoms with Gasteiger partial charge < -0.3 is 19.8 Å². The average Bonchev–Trinajstić information content (AvgIpc) is 3.07. The molecule has 6 heteroatoms. The van der Waals surface area contributed by atoms with Crippen molar-refractivity contribution in [3.05, 3.63) is 58.7 Å². The van der Waals surface area contributed by atoms with E-state index < -0.39 is 5.97 Å². The summed E-state index contributed by atoms with van der Waals surface area (Å²) < 4.78 is 5.21. The maximum atomic E-state index is 12.4. The molecule has 0 fully saturated rings. The summed E-state index contributed by atoms with van der Waals surface area (Å²) in [6.45, 7) is 4.20. The molecule has 0 bridgehead atoms. The molecule has 0 aliphatic rings. The summed E-state index contributed by atoms with van der Waals surface area (Å²) in [5.41, 5.74) is 4.29. The Labute approximate surface area is 144 Å². The van der Waals surface area contributed by atoms with Gasteiger partial charge >= 0.3 is 5.97 Å². The molecule has 0 radical (unpaired) electrons. The number of rotatable bonds is 6. The summed E-state index contributed by atoms with van der Waals surface area (Å²) in [5, 5.41) is 12.9. The Morgan fingerprint density at radius 2 is 2.00 bits per heavy atom. The first-order chi connectivity index (χ1) is 12.0. The number of hydrogen-bond acceptors (Lipinski definition) is 3. The molecule has 0 spiro atoms. The van der Waals surface area contributed by atoms with E-state index in [-0.39, 0.29) is 18.1 Å². The van der Waals surface area contributed by atoms with E-state index in [1.165, 1.54) is 11.8 Å². The lowest BCUT2D eigenvalue weighted by molar-refractivity contribution is -0.136. The number of carbonyl (C=O) groups is 2. The van der Waals surface area contributed by atoms with Crippen molar-refractivity contribution in [3.63, 3.8) is 0 Å². The van der Waals surface area contributed by atoms with E-state index >= 15 is 0 Å². The zero-order chi connectivity index (χ0) is 18.0. The molecule has 25 heavy (non-hydrogen) atoms. The summed E-state index contributed by atoms with van der Waals surface area (Å²) in [6, 6.07) is 8.05. The normalized spacial score (nSPS) is 11.0. The van der Waals surface area contributed by atoms with E-state index in [0.29, 0.717) is 24.1 Å². The molecule has 3 N–H and O–H groups in total. The van der Waals surface area contributed by atoms with Gasteiger partial charge in [0.05, 0.1) is 11.8 Å². The number of aromatic nitrogens is 1. The van der Waals surface area contributed by atoms with Crippen molar-refractivity contribution in [1.82, 2.24) is 10.3 Å². The average molecular weight is 340 g/mol. The number of aromatic amines is 1. The Bertz CT molecular complexity index is 936. The Morgan fingerprint density at radius 1 is 1.24 bits per heavy atom. The Morgan fingerprint density at radius 3 is 2.76 bits per heavy atom. The van der Waals surface area contributed by atoms with Gasteiger partial charge in [-0.3, -0.25) is 9.59 Å². The number of nitrogens with one attached hydrogen (secondary N) is 2. The number of benzene rings is 1. The highest BCUT2D eigenvalue weighted by atomic mass is 16.4. The number of furan rings is 1. The van der Waals surface area contributed by atoms with Crippen LogP contribution in [0.5, 0.6) is 0 Å². The van der Waals surface area contributed by atoms with Crippen LogP contribution in [0.1, 0.15) is 32.9 Å². The fourth-order valence-corrected chi connectivity index (χ4v) is 3.12. The number of amides is 1. The Balaban J connectivity index is 1.70. The lowest BCUT2D eigenvalue weighted by atomic mass is 10.1. The van der Waals surface area contributed by atoms with E-state index in [0.717, 1.165) is 16.6 Å². The van der Waals surface area contributed by atoms with Crippen LogP contribution in [-0.2, 0) is 17.6 Å². The van der Waals surface area contributed by atoms with E-state index in [9.17, 15) is 9.59 Å². The maximum Gasteiger partial charge on any atom is 0.311 e. The van der Waals surface area contributed by atoms with Crippen LogP contribution < -0.4 is 5.32 Å². The van der Waals surface area contributed by atoms with Crippen LogP contribution in [0, 0.1) is 13.8 Å². The highest BCUT2D eigenvalue weighted by Crippen LogP contribution is 2.22. The molecule has 0 unspecified atom stereocenters. The number of fused-ring (bicyclic) bond motifs is 1. The van der Waals surface area contributed by atoms with Gasteiger partial charge in [0.15, 0.2) is 0 Å². The molecule has 2 aromatic heterocycles. The molecule has 6 nitrogen and oxygen atoms in total. The number of para-hydroxylation sites is 1. The van der Waals surface area contributed by atoms with E-state index in [4.69, 9.17) is 9.52 Å². The maximum absolute atomic E-state index is 12.4. The molecule has 0 aliphatic carbocycles. The molecule has 1 aromatic carbocycles. The topological polar surface area (TPSA) is 95.3 Å². The van der Waals surface area contributed by atoms with Gasteiger partial charge in [-0.2, -0.15) is 0 Å². The van der Waals surface area contributed by atoms with E-state index in [1.807, 2.05) is 25.1 Å². The minimum absolute atomic E-state index is 0.186. The SMILES string of the molecule is Cc1coc(CC(=O)O)c1C(=O)NCCc1c(C)[nH]c2ccccc12. The third kappa shape index (κ3) is 3.42. The second kappa shape index (κ2) is 6.84. The van der Waals surface area contributed by atoms with Crippen molar-refractivity contribution < 1.29 is 19.1 Å². The standard InChI is InChI=1S/C19H20N2O4/c1-11-10-25-16(9-17(22)23)18(11)19(24)20-8-7-13-12(2)21-15-6-4-3-5-14(13)15/h3-6,10,21H,7-9H2,1-2H3,(H,20,24)(H,22,23). The first-order valence-corrected chi connectivity index (χ1v) is 8.10. The molecule has 0 atom stereocenters. The van der Waals surface area contributed by atoms with Crippen molar-refractivity contribution in [2.45, 2.75) is 26.7 Å². The number of carboxylic acid groups (broad SMARTS) is 1. The minimum Gasteiger partial charge on any atom is -0.481 e. The monoisotopic (exact) mass is 340 g/mol. The minimum atomic E-state index is -1.03. The Hall–Kier alpha value is -3.02. The van der Waals surface area contributed by atoms with Gasteiger partial charge in [0.2, 0.25) is 0 Å². The predicted molar refractivity (Wildman–Crippen MR) is 93.9 cm³/mol. The van der Waals surface area contributed by atoms with Crippen molar-refractivity contribution in [2.24, 2.45) is 0 Å². The number of aliphatic carboxylic acids is 1. The summed E-state index contributed by atoms with van der Waals surface area (Å²) in [6.07, 6.45) is 1.79. The zero-order valence-corrected chi connectivity index (χ0v) is 14.2. The molecular weight excluding hydrogens is 320 g/mol. The Kier molecular flexibility index (Phi) is 4.61. The van der Waals surface area contributed by atoms with Crippen molar-refractivity contribution in [2.75, 3.05) is 6.54 Å². The number of carbonyl (C=O) groups excluding carboxylic acids is 1. The second-order valence-electron chi connectivity index (χ2n) is 6.07. The van der Waals surface area contributed by atoms with Crippen LogP contribution in [0.4, 0.5) is 0 Å². The van der Waals surface area contributed by atoms with Crippen LogP contribution in [-0.4, -0.2) is 28.5 Å². The summed E-state index contributed by atoms with van der Waals surface area (Å²) >= 11 is 0. The molecule has 0 saturated carbocycles. The molecule has 1 amide bonds. The van der Waals surface area contributed by atoms with Crippen LogP contribution in [0.2, 0.25) is 0 Å². The first-order valence-electron chi connectivity index (χ1n) is 8.10. The number of carboxylic acids is 1. The quantitative estimate of drug-likeness (QED) is 0.643. The van der Waals surface area contributed by atoms with Gasteiger partial charge in [-0.1, -0.05) is 18.2 Å². The molecule has 0 aliphatic heterocycles. The van der Waals surface area contributed by atoms with E-state index in [2.05, 4.69) is 16.4 Å². The zero-order valence-electron chi connectivity index (χ0n) is 14.2. The molecular formula is C19H20N2O4. The van der Waals surface area contributed by atoms with Gasteiger partial charge in [0, 0.05) is 28.7 Å².